The Labute approximate surface area is 120 Å². The highest BCUT2D eigenvalue weighted by molar-refractivity contribution is 7.13. The highest BCUT2D eigenvalue weighted by Gasteiger charge is 2.29. The molecule has 108 valence electrons. The lowest BCUT2D eigenvalue weighted by molar-refractivity contribution is -0.143. The minimum absolute atomic E-state index is 0.243. The van der Waals surface area contributed by atoms with Crippen LogP contribution < -0.4 is 5.32 Å². The van der Waals surface area contributed by atoms with Crippen LogP contribution in [0.4, 0.5) is 9.93 Å². The molecule has 1 saturated heterocycles. The molecule has 0 spiro atoms. The van der Waals surface area contributed by atoms with Gasteiger partial charge in [-0.3, -0.25) is 10.1 Å². The van der Waals surface area contributed by atoms with E-state index in [2.05, 4.69) is 10.3 Å². The minimum atomic E-state index is -0.826. The monoisotopic (exact) mass is 295 g/mol. The van der Waals surface area contributed by atoms with Gasteiger partial charge < -0.3 is 10.0 Å². The molecule has 1 aromatic heterocycles. The summed E-state index contributed by atoms with van der Waals surface area (Å²) in [6, 6.07) is -0.243. The number of aromatic nitrogens is 1. The molecule has 0 radical (unpaired) electrons. The van der Waals surface area contributed by atoms with Crippen LogP contribution in [0.15, 0.2) is 5.38 Å². The standard InChI is InChI=1S/C13H17N3O3S/c17-11(18)9-2-1-5-16(6-9)13(19)15-12-14-10(7-20-12)8-3-4-8/h7-9H,1-6H2,(H,17,18)(H,14,15,19)/t9-/m1/s1. The zero-order chi connectivity index (χ0) is 14.1. The number of thiazole rings is 1. The number of aliphatic carboxylic acids is 1. The van der Waals surface area contributed by atoms with Gasteiger partial charge in [0.15, 0.2) is 5.13 Å². The third kappa shape index (κ3) is 2.92. The Bertz CT molecular complexity index is 527. The van der Waals surface area contributed by atoms with Gasteiger partial charge in [-0.15, -0.1) is 11.3 Å². The number of urea groups is 1. The molecule has 7 heteroatoms. The topological polar surface area (TPSA) is 82.5 Å². The molecule has 1 aliphatic carbocycles. The van der Waals surface area contributed by atoms with Gasteiger partial charge in [0.25, 0.3) is 0 Å². The van der Waals surface area contributed by atoms with Gasteiger partial charge in [0.1, 0.15) is 0 Å². The number of carbonyl (C=O) groups is 2. The number of likely N-dealkylation sites (tertiary alicyclic amines) is 1. The summed E-state index contributed by atoms with van der Waals surface area (Å²) in [4.78, 5) is 29.1. The van der Waals surface area contributed by atoms with Crippen LogP contribution in [0.2, 0.25) is 0 Å². The fourth-order valence-corrected chi connectivity index (χ4v) is 3.23. The third-order valence-corrected chi connectivity index (χ3v) is 4.57. The van der Waals surface area contributed by atoms with Gasteiger partial charge >= 0.3 is 12.0 Å². The van der Waals surface area contributed by atoms with Crippen molar-refractivity contribution in [1.82, 2.24) is 9.88 Å². The van der Waals surface area contributed by atoms with Crippen molar-refractivity contribution in [2.45, 2.75) is 31.6 Å². The lowest BCUT2D eigenvalue weighted by atomic mass is 9.99. The van der Waals surface area contributed by atoms with Gasteiger partial charge in [-0.2, -0.15) is 0 Å². The normalized spacial score (nSPS) is 22.6. The van der Waals surface area contributed by atoms with Crippen LogP contribution in [0, 0.1) is 5.92 Å². The first-order valence-corrected chi connectivity index (χ1v) is 7.75. The molecule has 0 aromatic carbocycles. The summed E-state index contributed by atoms with van der Waals surface area (Å²) in [6.45, 7) is 0.887. The molecule has 0 bridgehead atoms. The second kappa shape index (κ2) is 5.40. The van der Waals surface area contributed by atoms with Crippen molar-refractivity contribution in [2.75, 3.05) is 18.4 Å². The number of carboxylic acid groups (broad SMARTS) is 1. The van der Waals surface area contributed by atoms with Crippen LogP contribution in [0.3, 0.4) is 0 Å². The van der Waals surface area contributed by atoms with E-state index in [0.29, 0.717) is 24.0 Å². The van der Waals surface area contributed by atoms with E-state index < -0.39 is 11.9 Å². The van der Waals surface area contributed by atoms with E-state index in [4.69, 9.17) is 5.11 Å². The number of carbonyl (C=O) groups excluding carboxylic acids is 1. The second-order valence-electron chi connectivity index (χ2n) is 5.41. The Morgan fingerprint density at radius 3 is 2.90 bits per heavy atom. The Kier molecular flexibility index (Phi) is 3.60. The van der Waals surface area contributed by atoms with E-state index >= 15 is 0 Å². The summed E-state index contributed by atoms with van der Waals surface area (Å²) >= 11 is 1.43. The van der Waals surface area contributed by atoms with Gasteiger partial charge in [-0.1, -0.05) is 0 Å². The maximum atomic E-state index is 12.1. The van der Waals surface area contributed by atoms with E-state index in [0.717, 1.165) is 12.1 Å². The van der Waals surface area contributed by atoms with E-state index in [-0.39, 0.29) is 12.6 Å². The fourth-order valence-electron chi connectivity index (χ4n) is 2.44. The lowest BCUT2D eigenvalue weighted by Crippen LogP contribution is -2.44. The number of carboxylic acids is 1. The number of hydrogen-bond donors (Lipinski definition) is 2. The highest BCUT2D eigenvalue weighted by Crippen LogP contribution is 2.40. The molecule has 2 fully saturated rings. The number of rotatable bonds is 3. The number of nitrogens with one attached hydrogen (secondary N) is 1. The molecule has 1 aliphatic heterocycles. The molecule has 2 N–H and O–H groups in total. The first-order valence-electron chi connectivity index (χ1n) is 6.87. The SMILES string of the molecule is O=C(O)[C@@H]1CCCN(C(=O)Nc2nc(C3CC3)cs2)C1. The summed E-state index contributed by atoms with van der Waals surface area (Å²) in [7, 11) is 0. The molecule has 1 atom stereocenters. The zero-order valence-electron chi connectivity index (χ0n) is 11.0. The molecule has 2 amide bonds. The molecule has 1 aromatic rings. The van der Waals surface area contributed by atoms with Crippen molar-refractivity contribution >= 4 is 28.5 Å². The van der Waals surface area contributed by atoms with Gasteiger partial charge in [-0.25, -0.2) is 9.78 Å². The molecular weight excluding hydrogens is 278 g/mol. The average molecular weight is 295 g/mol. The zero-order valence-corrected chi connectivity index (χ0v) is 11.9. The number of nitrogens with zero attached hydrogens (tertiary/aromatic N) is 2. The Morgan fingerprint density at radius 1 is 1.40 bits per heavy atom. The quantitative estimate of drug-likeness (QED) is 0.896. The molecule has 6 nitrogen and oxygen atoms in total. The van der Waals surface area contributed by atoms with Crippen molar-refractivity contribution in [2.24, 2.45) is 5.92 Å². The average Bonchev–Trinajstić information content (AvgIpc) is 3.20. The largest absolute Gasteiger partial charge is 0.481 e. The minimum Gasteiger partial charge on any atom is -0.481 e. The van der Waals surface area contributed by atoms with Crippen molar-refractivity contribution in [1.29, 1.82) is 0 Å². The molecule has 1 saturated carbocycles. The molecular formula is C13H17N3O3S. The molecule has 20 heavy (non-hydrogen) atoms. The van der Waals surface area contributed by atoms with Crippen molar-refractivity contribution in [3.05, 3.63) is 11.1 Å². The van der Waals surface area contributed by atoms with Crippen molar-refractivity contribution in [3.8, 4) is 0 Å². The van der Waals surface area contributed by atoms with Gasteiger partial charge in [0.05, 0.1) is 11.6 Å². The van der Waals surface area contributed by atoms with Crippen LogP contribution in [0.25, 0.3) is 0 Å². The predicted molar refractivity (Wildman–Crippen MR) is 75.0 cm³/mol. The van der Waals surface area contributed by atoms with Crippen LogP contribution in [-0.2, 0) is 4.79 Å². The highest BCUT2D eigenvalue weighted by atomic mass is 32.1. The Balaban J connectivity index is 1.58. The van der Waals surface area contributed by atoms with Gasteiger partial charge in [0, 0.05) is 24.4 Å². The summed E-state index contributed by atoms with van der Waals surface area (Å²) in [5, 5.41) is 14.4. The Morgan fingerprint density at radius 2 is 2.20 bits per heavy atom. The summed E-state index contributed by atoms with van der Waals surface area (Å²) in [6.07, 6.45) is 3.74. The van der Waals surface area contributed by atoms with Gasteiger partial charge in [-0.05, 0) is 25.7 Å². The van der Waals surface area contributed by atoms with Crippen LogP contribution in [-0.4, -0.2) is 40.1 Å². The first kappa shape index (κ1) is 13.4. The fraction of sp³-hybridized carbons (Fsp3) is 0.615. The van der Waals surface area contributed by atoms with Crippen molar-refractivity contribution < 1.29 is 14.7 Å². The van der Waals surface area contributed by atoms with Gasteiger partial charge in [0.2, 0.25) is 0 Å². The van der Waals surface area contributed by atoms with Crippen molar-refractivity contribution in [3.63, 3.8) is 0 Å². The molecule has 3 rings (SSSR count). The number of amides is 2. The van der Waals surface area contributed by atoms with Crippen LogP contribution in [0.1, 0.15) is 37.3 Å². The summed E-state index contributed by atoms with van der Waals surface area (Å²) in [5.41, 5.74) is 1.06. The first-order chi connectivity index (χ1) is 9.63. The summed E-state index contributed by atoms with van der Waals surface area (Å²) < 4.78 is 0. The van der Waals surface area contributed by atoms with Crippen LogP contribution in [0.5, 0.6) is 0 Å². The Hall–Kier alpha value is -1.63. The number of anilines is 1. The van der Waals surface area contributed by atoms with E-state index in [1.165, 1.54) is 24.2 Å². The smallest absolute Gasteiger partial charge is 0.323 e. The summed E-state index contributed by atoms with van der Waals surface area (Å²) in [5.74, 6) is -0.705. The molecule has 2 aliphatic rings. The third-order valence-electron chi connectivity index (χ3n) is 3.79. The molecule has 0 unspecified atom stereocenters. The lowest BCUT2D eigenvalue weighted by Gasteiger charge is -2.30. The van der Waals surface area contributed by atoms with E-state index in [1.54, 1.807) is 4.90 Å². The predicted octanol–water partition coefficient (Wildman–Crippen LogP) is 2.35. The number of hydrogen-bond acceptors (Lipinski definition) is 4. The van der Waals surface area contributed by atoms with Crippen LogP contribution >= 0.6 is 11.3 Å². The van der Waals surface area contributed by atoms with E-state index in [1.807, 2.05) is 5.38 Å². The second-order valence-corrected chi connectivity index (χ2v) is 6.26. The number of piperidine rings is 1. The van der Waals surface area contributed by atoms with E-state index in [9.17, 15) is 9.59 Å². The maximum absolute atomic E-state index is 12.1. The molecule has 2 heterocycles. The maximum Gasteiger partial charge on any atom is 0.323 e.